The van der Waals surface area contributed by atoms with Gasteiger partial charge in [0.2, 0.25) is 11.8 Å². The van der Waals surface area contributed by atoms with Crippen LogP contribution in [0.15, 0.2) is 0 Å². The van der Waals surface area contributed by atoms with Gasteiger partial charge in [-0.05, 0) is 18.4 Å². The third-order valence-electron chi connectivity index (χ3n) is 2.57. The Hall–Kier alpha value is -0.580. The Morgan fingerprint density at radius 2 is 1.71 bits per heavy atom. The van der Waals surface area contributed by atoms with E-state index in [1.165, 1.54) is 11.8 Å². The molecule has 0 unspecified atom stereocenters. The summed E-state index contributed by atoms with van der Waals surface area (Å²) in [6.45, 7) is 0. The van der Waals surface area contributed by atoms with E-state index < -0.39 is 35.9 Å². The van der Waals surface area contributed by atoms with Gasteiger partial charge in [-0.25, -0.2) is 4.79 Å². The molecule has 10 heteroatoms. The third kappa shape index (κ3) is 7.84. The first kappa shape index (κ1) is 20.4. The molecule has 0 aliphatic rings. The Morgan fingerprint density at radius 3 is 2.14 bits per heavy atom. The van der Waals surface area contributed by atoms with Gasteiger partial charge in [0.1, 0.15) is 12.1 Å². The number of amides is 2. The molecule has 0 aromatic carbocycles. The quantitative estimate of drug-likeness (QED) is 0.279. The molecule has 3 atom stereocenters. The molecule has 0 rings (SSSR count). The van der Waals surface area contributed by atoms with Gasteiger partial charge in [-0.1, -0.05) is 0 Å². The maximum absolute atomic E-state index is 12.0. The lowest BCUT2D eigenvalue weighted by Crippen LogP contribution is -2.55. The van der Waals surface area contributed by atoms with E-state index in [0.717, 1.165) is 0 Å². The molecule has 21 heavy (non-hydrogen) atoms. The van der Waals surface area contributed by atoms with Crippen molar-refractivity contribution in [2.75, 3.05) is 23.5 Å². The standard InChI is InChI=1S/C11H21N3O4S3/c1-21-3-2-7(11(17)18)13-10(16)8(5-20)14-9(15)6(12)4-19/h6-8,19-20H,2-5,12H2,1H3,(H,13,16)(H,14,15)(H,17,18)/t6-,7-,8-/m0/s1. The van der Waals surface area contributed by atoms with Gasteiger partial charge >= 0.3 is 5.97 Å². The normalized spacial score (nSPS) is 14.9. The second-order valence-corrected chi connectivity index (χ2v) is 5.93. The topological polar surface area (TPSA) is 122 Å². The van der Waals surface area contributed by atoms with E-state index >= 15 is 0 Å². The van der Waals surface area contributed by atoms with Crippen LogP contribution in [0.2, 0.25) is 0 Å². The second kappa shape index (κ2) is 11.0. The van der Waals surface area contributed by atoms with Crippen LogP contribution in [-0.4, -0.2) is 64.5 Å². The number of thiol groups is 2. The molecular weight excluding hydrogens is 334 g/mol. The lowest BCUT2D eigenvalue weighted by atomic mass is 10.2. The maximum Gasteiger partial charge on any atom is 0.326 e. The summed E-state index contributed by atoms with van der Waals surface area (Å²) in [6, 6.07) is -2.78. The number of aliphatic carboxylic acids is 1. The van der Waals surface area contributed by atoms with E-state index in [2.05, 4.69) is 35.9 Å². The van der Waals surface area contributed by atoms with Crippen molar-refractivity contribution in [3.63, 3.8) is 0 Å². The summed E-state index contributed by atoms with van der Waals surface area (Å²) in [4.78, 5) is 34.7. The molecule has 0 saturated carbocycles. The first-order valence-electron chi connectivity index (χ1n) is 6.17. The first-order chi connectivity index (χ1) is 9.87. The van der Waals surface area contributed by atoms with Crippen molar-refractivity contribution < 1.29 is 19.5 Å². The van der Waals surface area contributed by atoms with E-state index in [0.29, 0.717) is 12.2 Å². The summed E-state index contributed by atoms with van der Waals surface area (Å²) in [5, 5.41) is 13.9. The van der Waals surface area contributed by atoms with Gasteiger partial charge in [0.15, 0.2) is 0 Å². The fourth-order valence-electron chi connectivity index (χ4n) is 1.32. The Morgan fingerprint density at radius 1 is 1.14 bits per heavy atom. The number of nitrogens with two attached hydrogens (primary N) is 1. The lowest BCUT2D eigenvalue weighted by molar-refractivity contribution is -0.142. The molecule has 0 heterocycles. The predicted octanol–water partition coefficient (Wildman–Crippen LogP) is -1.02. The van der Waals surface area contributed by atoms with Crippen LogP contribution in [-0.2, 0) is 14.4 Å². The highest BCUT2D eigenvalue weighted by molar-refractivity contribution is 7.98. The van der Waals surface area contributed by atoms with Crippen molar-refractivity contribution in [1.82, 2.24) is 10.6 Å². The largest absolute Gasteiger partial charge is 0.480 e. The van der Waals surface area contributed by atoms with E-state index in [1.54, 1.807) is 0 Å². The van der Waals surface area contributed by atoms with Gasteiger partial charge < -0.3 is 21.5 Å². The average Bonchev–Trinajstić information content (AvgIpc) is 2.46. The molecule has 0 aliphatic heterocycles. The van der Waals surface area contributed by atoms with E-state index in [-0.39, 0.29) is 11.5 Å². The van der Waals surface area contributed by atoms with E-state index in [9.17, 15) is 14.4 Å². The van der Waals surface area contributed by atoms with Gasteiger partial charge in [-0.2, -0.15) is 37.0 Å². The molecule has 0 aromatic rings. The number of hydrogen-bond donors (Lipinski definition) is 6. The van der Waals surface area contributed by atoms with Crippen molar-refractivity contribution in [3.05, 3.63) is 0 Å². The number of carboxylic acids is 1. The Bertz CT molecular complexity index is 371. The zero-order valence-corrected chi connectivity index (χ0v) is 14.2. The summed E-state index contributed by atoms with van der Waals surface area (Å²) in [5.41, 5.74) is 5.49. The molecule has 0 radical (unpaired) electrons. The van der Waals surface area contributed by atoms with Crippen molar-refractivity contribution >= 4 is 54.8 Å². The number of carboxylic acid groups (broad SMARTS) is 1. The summed E-state index contributed by atoms with van der Waals surface area (Å²) in [7, 11) is 0. The summed E-state index contributed by atoms with van der Waals surface area (Å²) in [5.74, 6) is -1.48. The van der Waals surface area contributed by atoms with Crippen LogP contribution in [0.25, 0.3) is 0 Å². The van der Waals surface area contributed by atoms with Crippen LogP contribution in [0.1, 0.15) is 6.42 Å². The SMILES string of the molecule is CSCC[C@H](NC(=O)[C@H](CS)NC(=O)[C@@H](N)CS)C(=O)O. The second-order valence-electron chi connectivity index (χ2n) is 4.21. The van der Waals surface area contributed by atoms with Gasteiger partial charge in [-0.3, -0.25) is 9.59 Å². The fourth-order valence-corrected chi connectivity index (χ4v) is 2.22. The van der Waals surface area contributed by atoms with Crippen molar-refractivity contribution in [2.45, 2.75) is 24.5 Å². The van der Waals surface area contributed by atoms with Crippen LogP contribution in [0.3, 0.4) is 0 Å². The Kier molecular flexibility index (Phi) is 10.7. The van der Waals surface area contributed by atoms with Gasteiger partial charge in [0, 0.05) is 11.5 Å². The molecule has 0 spiro atoms. The lowest BCUT2D eigenvalue weighted by Gasteiger charge is -2.21. The monoisotopic (exact) mass is 355 g/mol. The molecule has 5 N–H and O–H groups in total. The minimum absolute atomic E-state index is 0.0335. The maximum atomic E-state index is 12.0. The molecule has 0 aromatic heterocycles. The zero-order chi connectivity index (χ0) is 16.4. The fraction of sp³-hybridized carbons (Fsp3) is 0.727. The third-order valence-corrected chi connectivity index (χ3v) is 3.98. The average molecular weight is 356 g/mol. The number of carbonyl (C=O) groups is 3. The summed E-state index contributed by atoms with van der Waals surface area (Å²) in [6.07, 6.45) is 2.14. The molecule has 2 amide bonds. The predicted molar refractivity (Wildman–Crippen MR) is 90.2 cm³/mol. The number of hydrogen-bond acceptors (Lipinski definition) is 7. The minimum Gasteiger partial charge on any atom is -0.480 e. The molecule has 0 aliphatic carbocycles. The number of rotatable bonds is 10. The number of carbonyl (C=O) groups excluding carboxylic acids is 2. The highest BCUT2D eigenvalue weighted by atomic mass is 32.2. The van der Waals surface area contributed by atoms with Crippen LogP contribution in [0.4, 0.5) is 0 Å². The van der Waals surface area contributed by atoms with Crippen LogP contribution in [0.5, 0.6) is 0 Å². The van der Waals surface area contributed by atoms with Crippen molar-refractivity contribution in [1.29, 1.82) is 0 Å². The summed E-state index contributed by atoms with van der Waals surface area (Å²) < 4.78 is 0. The van der Waals surface area contributed by atoms with E-state index in [1.807, 2.05) is 6.26 Å². The molecule has 0 saturated heterocycles. The molecular formula is C11H21N3O4S3. The molecule has 7 nitrogen and oxygen atoms in total. The van der Waals surface area contributed by atoms with Crippen LogP contribution < -0.4 is 16.4 Å². The van der Waals surface area contributed by atoms with Crippen molar-refractivity contribution in [2.24, 2.45) is 5.73 Å². The summed E-state index contributed by atoms with van der Waals surface area (Å²) >= 11 is 9.36. The van der Waals surface area contributed by atoms with Crippen LogP contribution >= 0.6 is 37.0 Å². The van der Waals surface area contributed by atoms with Gasteiger partial charge in [0.05, 0.1) is 6.04 Å². The molecule has 0 fully saturated rings. The van der Waals surface area contributed by atoms with Gasteiger partial charge in [0.25, 0.3) is 0 Å². The highest BCUT2D eigenvalue weighted by Gasteiger charge is 2.26. The Labute approximate surface area is 139 Å². The van der Waals surface area contributed by atoms with Crippen molar-refractivity contribution in [3.8, 4) is 0 Å². The van der Waals surface area contributed by atoms with E-state index in [4.69, 9.17) is 10.8 Å². The minimum atomic E-state index is -1.12. The molecule has 122 valence electrons. The molecule has 0 bridgehead atoms. The highest BCUT2D eigenvalue weighted by Crippen LogP contribution is 2.02. The smallest absolute Gasteiger partial charge is 0.326 e. The van der Waals surface area contributed by atoms with Gasteiger partial charge in [-0.15, -0.1) is 0 Å². The zero-order valence-electron chi connectivity index (χ0n) is 11.6. The first-order valence-corrected chi connectivity index (χ1v) is 8.83. The number of thioether (sulfide) groups is 1. The Balaban J connectivity index is 4.62. The number of nitrogens with one attached hydrogen (secondary N) is 2. The van der Waals surface area contributed by atoms with Crippen LogP contribution in [0, 0.1) is 0 Å².